The van der Waals surface area contributed by atoms with Gasteiger partial charge in [0.05, 0.1) is 7.11 Å². The average molecular weight is 350 g/mol. The molecular weight excluding hydrogens is 320 g/mol. The maximum Gasteiger partial charge on any atom is 0.410 e. The van der Waals surface area contributed by atoms with Crippen molar-refractivity contribution in [2.24, 2.45) is 0 Å². The van der Waals surface area contributed by atoms with E-state index in [4.69, 9.17) is 9.47 Å². The number of nitrogens with zero attached hydrogens (tertiary/aromatic N) is 1. The lowest BCUT2D eigenvalue weighted by Crippen LogP contribution is -2.40. The van der Waals surface area contributed by atoms with Crippen molar-refractivity contribution in [2.45, 2.75) is 58.2 Å². The summed E-state index contributed by atoms with van der Waals surface area (Å²) < 4.78 is 10.6. The van der Waals surface area contributed by atoms with Gasteiger partial charge in [-0.2, -0.15) is 0 Å². The number of amides is 1. The molecule has 6 heteroatoms. The number of carbonyl (C=O) groups excluding carboxylic acids is 1. The van der Waals surface area contributed by atoms with Crippen molar-refractivity contribution in [1.82, 2.24) is 10.2 Å². The van der Waals surface area contributed by atoms with Gasteiger partial charge in [0.2, 0.25) is 0 Å². The zero-order valence-electron chi connectivity index (χ0n) is 15.7. The molecule has 0 spiro atoms. The number of methoxy groups -OCH3 is 1. The number of phenols is 1. The fraction of sp³-hybridized carbons (Fsp3) is 0.632. The lowest BCUT2D eigenvalue weighted by atomic mass is 10.1. The van der Waals surface area contributed by atoms with Gasteiger partial charge in [0.1, 0.15) is 5.60 Å². The highest BCUT2D eigenvalue weighted by Gasteiger charge is 2.31. The first-order valence-corrected chi connectivity index (χ1v) is 8.87. The molecule has 1 aromatic rings. The third-order valence-corrected chi connectivity index (χ3v) is 4.28. The van der Waals surface area contributed by atoms with Crippen molar-refractivity contribution in [3.63, 3.8) is 0 Å². The third-order valence-electron chi connectivity index (χ3n) is 4.28. The van der Waals surface area contributed by atoms with E-state index in [9.17, 15) is 9.90 Å². The molecular formula is C19H30N2O4. The molecule has 1 unspecified atom stereocenters. The highest BCUT2D eigenvalue weighted by molar-refractivity contribution is 5.68. The molecule has 1 aromatic carbocycles. The van der Waals surface area contributed by atoms with Gasteiger partial charge in [0.25, 0.3) is 0 Å². The molecule has 0 aromatic heterocycles. The van der Waals surface area contributed by atoms with E-state index in [0.29, 0.717) is 12.3 Å². The Morgan fingerprint density at radius 3 is 2.84 bits per heavy atom. The zero-order chi connectivity index (χ0) is 18.4. The molecule has 1 aliphatic rings. The highest BCUT2D eigenvalue weighted by Crippen LogP contribution is 2.29. The maximum absolute atomic E-state index is 12.3. The first-order chi connectivity index (χ1) is 11.8. The van der Waals surface area contributed by atoms with Crippen molar-refractivity contribution in [3.8, 4) is 11.5 Å². The summed E-state index contributed by atoms with van der Waals surface area (Å²) in [5.41, 5.74) is 0.335. The van der Waals surface area contributed by atoms with Crippen molar-refractivity contribution in [1.29, 1.82) is 0 Å². The van der Waals surface area contributed by atoms with E-state index in [1.807, 2.05) is 37.8 Å². The zero-order valence-corrected chi connectivity index (χ0v) is 15.7. The number of hydrogen-bond donors (Lipinski definition) is 2. The molecule has 1 atom stereocenters. The standard InChI is InChI=1S/C19H30N2O4/c1-19(2,3)25-18(23)21-12-6-8-15(21)10-11-20-13-14-7-5-9-16(24-4)17(14)22/h5,7,9,15,20,22H,6,8,10-13H2,1-4H3. The second-order valence-corrected chi connectivity index (χ2v) is 7.40. The van der Waals surface area contributed by atoms with E-state index in [-0.39, 0.29) is 17.9 Å². The van der Waals surface area contributed by atoms with E-state index in [0.717, 1.165) is 37.9 Å². The second-order valence-electron chi connectivity index (χ2n) is 7.40. The van der Waals surface area contributed by atoms with Crippen LogP contribution < -0.4 is 10.1 Å². The van der Waals surface area contributed by atoms with Crippen LogP contribution in [0.3, 0.4) is 0 Å². The van der Waals surface area contributed by atoms with Crippen LogP contribution in [0.5, 0.6) is 11.5 Å². The number of nitrogens with one attached hydrogen (secondary N) is 1. The number of rotatable bonds is 6. The van der Waals surface area contributed by atoms with Crippen LogP contribution in [-0.4, -0.2) is 47.9 Å². The predicted octanol–water partition coefficient (Wildman–Crippen LogP) is 3.28. The SMILES string of the molecule is COc1cccc(CNCCC2CCCN2C(=O)OC(C)(C)C)c1O. The van der Waals surface area contributed by atoms with Crippen LogP contribution in [-0.2, 0) is 11.3 Å². The van der Waals surface area contributed by atoms with E-state index in [1.165, 1.54) is 7.11 Å². The largest absolute Gasteiger partial charge is 0.504 e. The van der Waals surface area contributed by atoms with E-state index in [2.05, 4.69) is 5.32 Å². The van der Waals surface area contributed by atoms with Crippen molar-refractivity contribution >= 4 is 6.09 Å². The Kier molecular flexibility index (Phi) is 6.53. The van der Waals surface area contributed by atoms with Gasteiger partial charge in [-0.1, -0.05) is 12.1 Å². The Morgan fingerprint density at radius 2 is 2.16 bits per heavy atom. The van der Waals surface area contributed by atoms with Crippen LogP contribution in [0.2, 0.25) is 0 Å². The molecule has 0 saturated carbocycles. The molecule has 1 amide bonds. The Hall–Kier alpha value is -1.95. The number of phenolic OH excluding ortho intramolecular Hbond substituents is 1. The Bertz CT molecular complexity index is 583. The molecule has 140 valence electrons. The predicted molar refractivity (Wildman–Crippen MR) is 96.9 cm³/mol. The second kappa shape index (κ2) is 8.43. The van der Waals surface area contributed by atoms with E-state index < -0.39 is 5.60 Å². The normalized spacial score (nSPS) is 17.6. The van der Waals surface area contributed by atoms with Crippen molar-refractivity contribution in [3.05, 3.63) is 23.8 Å². The molecule has 0 radical (unpaired) electrons. The summed E-state index contributed by atoms with van der Waals surface area (Å²) >= 11 is 0. The smallest absolute Gasteiger partial charge is 0.410 e. The Labute approximate surface area is 150 Å². The minimum absolute atomic E-state index is 0.175. The van der Waals surface area contributed by atoms with Gasteiger partial charge in [-0.3, -0.25) is 0 Å². The Balaban J connectivity index is 1.80. The summed E-state index contributed by atoms with van der Waals surface area (Å²) in [5, 5.41) is 13.4. The summed E-state index contributed by atoms with van der Waals surface area (Å²) in [6.45, 7) is 7.74. The monoisotopic (exact) mass is 350 g/mol. The summed E-state index contributed by atoms with van der Waals surface area (Å²) in [5.74, 6) is 0.653. The third kappa shape index (κ3) is 5.53. The van der Waals surface area contributed by atoms with Crippen LogP contribution in [0.1, 0.15) is 45.6 Å². The van der Waals surface area contributed by atoms with Gasteiger partial charge in [0, 0.05) is 24.7 Å². The van der Waals surface area contributed by atoms with Crippen LogP contribution in [0, 0.1) is 0 Å². The number of hydrogen-bond acceptors (Lipinski definition) is 5. The molecule has 1 saturated heterocycles. The molecule has 1 fully saturated rings. The number of benzene rings is 1. The quantitative estimate of drug-likeness (QED) is 0.771. The van der Waals surface area contributed by atoms with Crippen molar-refractivity contribution < 1.29 is 19.4 Å². The van der Waals surface area contributed by atoms with Gasteiger partial charge in [-0.05, 0) is 52.6 Å². The molecule has 2 N–H and O–H groups in total. The molecule has 1 heterocycles. The topological polar surface area (TPSA) is 71.0 Å². The summed E-state index contributed by atoms with van der Waals surface area (Å²) in [7, 11) is 1.54. The minimum atomic E-state index is -0.466. The number of carbonyl (C=O) groups is 1. The van der Waals surface area contributed by atoms with Gasteiger partial charge in [-0.15, -0.1) is 0 Å². The first-order valence-electron chi connectivity index (χ1n) is 8.87. The maximum atomic E-state index is 12.3. The van der Waals surface area contributed by atoms with Gasteiger partial charge in [-0.25, -0.2) is 4.79 Å². The van der Waals surface area contributed by atoms with Crippen LogP contribution in [0.4, 0.5) is 4.79 Å². The number of ether oxygens (including phenoxy) is 2. The Morgan fingerprint density at radius 1 is 1.40 bits per heavy atom. The highest BCUT2D eigenvalue weighted by atomic mass is 16.6. The number of para-hydroxylation sites is 1. The van der Waals surface area contributed by atoms with Gasteiger partial charge >= 0.3 is 6.09 Å². The fourth-order valence-corrected chi connectivity index (χ4v) is 3.06. The molecule has 0 aliphatic carbocycles. The molecule has 2 rings (SSSR count). The number of likely N-dealkylation sites (tertiary alicyclic amines) is 1. The van der Waals surface area contributed by atoms with Crippen LogP contribution in [0.25, 0.3) is 0 Å². The summed E-state index contributed by atoms with van der Waals surface area (Å²) in [6, 6.07) is 5.67. The molecule has 0 bridgehead atoms. The van der Waals surface area contributed by atoms with E-state index in [1.54, 1.807) is 6.07 Å². The lowest BCUT2D eigenvalue weighted by molar-refractivity contribution is 0.0220. The van der Waals surface area contributed by atoms with Crippen LogP contribution >= 0.6 is 0 Å². The molecule has 6 nitrogen and oxygen atoms in total. The lowest BCUT2D eigenvalue weighted by Gasteiger charge is -2.28. The average Bonchev–Trinajstić information content (AvgIpc) is 3.00. The first kappa shape index (κ1) is 19.4. The number of aromatic hydroxyl groups is 1. The minimum Gasteiger partial charge on any atom is -0.504 e. The molecule has 25 heavy (non-hydrogen) atoms. The summed E-state index contributed by atoms with van der Waals surface area (Å²) in [4.78, 5) is 14.1. The van der Waals surface area contributed by atoms with Gasteiger partial charge < -0.3 is 24.8 Å². The van der Waals surface area contributed by atoms with E-state index >= 15 is 0 Å². The fourth-order valence-electron chi connectivity index (χ4n) is 3.06. The summed E-state index contributed by atoms with van der Waals surface area (Å²) in [6.07, 6.45) is 2.66. The van der Waals surface area contributed by atoms with Crippen LogP contribution in [0.15, 0.2) is 18.2 Å². The van der Waals surface area contributed by atoms with Crippen molar-refractivity contribution in [2.75, 3.05) is 20.2 Å². The van der Waals surface area contributed by atoms with Gasteiger partial charge in [0.15, 0.2) is 11.5 Å². The molecule has 1 aliphatic heterocycles.